The number of aryl methyl sites for hydroxylation is 1. The molecule has 0 atom stereocenters. The van der Waals surface area contributed by atoms with E-state index >= 15 is 0 Å². The Balaban J connectivity index is 1.65. The Morgan fingerprint density at radius 1 is 0.704 bits per heavy atom. The molecule has 0 amide bonds. The minimum atomic E-state index is 0.572. The number of hydrogen-bond donors (Lipinski definition) is 0. The van der Waals surface area contributed by atoms with Crippen LogP contribution in [0.5, 0.6) is 5.75 Å². The van der Waals surface area contributed by atoms with Crippen LogP contribution in [0.1, 0.15) is 18.1 Å². The van der Waals surface area contributed by atoms with Crippen molar-refractivity contribution in [1.29, 1.82) is 0 Å². The highest BCUT2D eigenvalue weighted by Crippen LogP contribution is 2.40. The van der Waals surface area contributed by atoms with E-state index in [1.165, 1.54) is 27.1 Å². The van der Waals surface area contributed by atoms with Gasteiger partial charge in [0.15, 0.2) is 0 Å². The quantitative estimate of drug-likeness (QED) is 0.348. The maximum absolute atomic E-state index is 6.18. The van der Waals surface area contributed by atoms with E-state index in [4.69, 9.17) is 4.74 Å². The van der Waals surface area contributed by atoms with Gasteiger partial charge in [-0.1, -0.05) is 79.7 Å². The minimum absolute atomic E-state index is 0.572. The molecule has 4 aromatic rings. The molecule has 0 saturated heterocycles. The van der Waals surface area contributed by atoms with Gasteiger partial charge in [0.1, 0.15) is 12.4 Å². The average Bonchev–Trinajstić information content (AvgIpc) is 3.23. The molecular weight excluding hydrogens is 348 g/mol. The summed E-state index contributed by atoms with van der Waals surface area (Å²) < 4.78 is 6.18. The van der Waals surface area contributed by atoms with Crippen LogP contribution < -0.4 is 4.74 Å². The molecule has 2 heteroatoms. The molecule has 0 aliphatic rings. The van der Waals surface area contributed by atoms with E-state index in [1.54, 1.807) is 11.3 Å². The predicted molar refractivity (Wildman–Crippen MR) is 115 cm³/mol. The van der Waals surface area contributed by atoms with Crippen molar-refractivity contribution in [2.45, 2.75) is 20.0 Å². The van der Waals surface area contributed by atoms with E-state index in [2.05, 4.69) is 73.0 Å². The molecule has 4 rings (SSSR count). The van der Waals surface area contributed by atoms with Crippen LogP contribution in [0.4, 0.5) is 0 Å². The molecule has 0 bridgehead atoms. The SMILES string of the molecule is CCc1ccc(-c2sccc2-c2ccccc2OCc2ccccc2)cc1. The van der Waals surface area contributed by atoms with Gasteiger partial charge in [0.2, 0.25) is 0 Å². The lowest BCUT2D eigenvalue weighted by atomic mass is 10.0. The summed E-state index contributed by atoms with van der Waals surface area (Å²) in [4.78, 5) is 1.29. The summed E-state index contributed by atoms with van der Waals surface area (Å²) in [6.45, 7) is 2.76. The molecule has 1 aromatic heterocycles. The van der Waals surface area contributed by atoms with E-state index in [-0.39, 0.29) is 0 Å². The first kappa shape index (κ1) is 17.6. The molecule has 0 aliphatic heterocycles. The fourth-order valence-electron chi connectivity index (χ4n) is 3.19. The van der Waals surface area contributed by atoms with Gasteiger partial charge in [-0.2, -0.15) is 0 Å². The first-order valence-corrected chi connectivity index (χ1v) is 10.2. The van der Waals surface area contributed by atoms with Crippen LogP contribution in [0.15, 0.2) is 90.3 Å². The summed E-state index contributed by atoms with van der Waals surface area (Å²) in [7, 11) is 0. The molecular formula is C25H22OS. The highest BCUT2D eigenvalue weighted by atomic mass is 32.1. The molecule has 0 radical (unpaired) electrons. The normalized spacial score (nSPS) is 10.7. The summed E-state index contributed by atoms with van der Waals surface area (Å²) >= 11 is 1.78. The van der Waals surface area contributed by atoms with Crippen molar-refractivity contribution in [2.24, 2.45) is 0 Å². The van der Waals surface area contributed by atoms with Crippen LogP contribution in [0.25, 0.3) is 21.6 Å². The second kappa shape index (κ2) is 8.24. The Kier molecular flexibility index (Phi) is 5.36. The molecule has 0 aliphatic carbocycles. The summed E-state index contributed by atoms with van der Waals surface area (Å²) in [5.74, 6) is 0.922. The zero-order valence-corrected chi connectivity index (χ0v) is 16.2. The second-order valence-corrected chi connectivity index (χ2v) is 7.40. The molecule has 0 spiro atoms. The van der Waals surface area contributed by atoms with Crippen molar-refractivity contribution in [3.05, 3.63) is 101 Å². The van der Waals surface area contributed by atoms with Gasteiger partial charge < -0.3 is 4.74 Å². The fraction of sp³-hybridized carbons (Fsp3) is 0.120. The molecule has 1 heterocycles. The van der Waals surface area contributed by atoms with Crippen LogP contribution in [0, 0.1) is 0 Å². The highest BCUT2D eigenvalue weighted by molar-refractivity contribution is 7.14. The lowest BCUT2D eigenvalue weighted by Gasteiger charge is -2.13. The Morgan fingerprint density at radius 3 is 2.22 bits per heavy atom. The Bertz CT molecular complexity index is 1000. The molecule has 134 valence electrons. The Labute approximate surface area is 164 Å². The molecule has 0 saturated carbocycles. The van der Waals surface area contributed by atoms with Crippen molar-refractivity contribution in [3.8, 4) is 27.3 Å². The third-order valence-corrected chi connectivity index (χ3v) is 5.67. The standard InChI is InChI=1S/C25H22OS/c1-2-19-12-14-21(15-13-19)25-23(16-17-27-25)22-10-6-7-11-24(22)26-18-20-8-4-3-5-9-20/h3-17H,2,18H2,1H3. The average molecular weight is 371 g/mol. The summed E-state index contributed by atoms with van der Waals surface area (Å²) in [6.07, 6.45) is 1.06. The van der Waals surface area contributed by atoms with Crippen molar-refractivity contribution < 1.29 is 4.74 Å². The Hall–Kier alpha value is -2.84. The highest BCUT2D eigenvalue weighted by Gasteiger charge is 2.13. The number of para-hydroxylation sites is 1. The van der Waals surface area contributed by atoms with E-state index in [0.717, 1.165) is 17.7 Å². The number of benzene rings is 3. The number of rotatable bonds is 6. The zero-order chi connectivity index (χ0) is 18.5. The van der Waals surface area contributed by atoms with Gasteiger partial charge in [-0.25, -0.2) is 0 Å². The van der Waals surface area contributed by atoms with Crippen molar-refractivity contribution in [3.63, 3.8) is 0 Å². The lowest BCUT2D eigenvalue weighted by Crippen LogP contribution is -1.96. The largest absolute Gasteiger partial charge is 0.488 e. The van der Waals surface area contributed by atoms with Crippen molar-refractivity contribution >= 4 is 11.3 Å². The number of hydrogen-bond acceptors (Lipinski definition) is 2. The van der Waals surface area contributed by atoms with Crippen molar-refractivity contribution in [2.75, 3.05) is 0 Å². The molecule has 3 aromatic carbocycles. The predicted octanol–water partition coefficient (Wildman–Crippen LogP) is 7.22. The summed E-state index contributed by atoms with van der Waals surface area (Å²) in [6, 6.07) is 29.7. The fourth-order valence-corrected chi connectivity index (χ4v) is 4.10. The van der Waals surface area contributed by atoms with Crippen LogP contribution in [0.3, 0.4) is 0 Å². The molecule has 0 N–H and O–H groups in total. The lowest BCUT2D eigenvalue weighted by molar-refractivity contribution is 0.307. The first-order valence-electron chi connectivity index (χ1n) is 9.28. The van der Waals surface area contributed by atoms with E-state index < -0.39 is 0 Å². The first-order chi connectivity index (χ1) is 13.3. The van der Waals surface area contributed by atoms with Crippen molar-refractivity contribution in [1.82, 2.24) is 0 Å². The third-order valence-electron chi connectivity index (χ3n) is 4.70. The molecule has 1 nitrogen and oxygen atoms in total. The number of thiophene rings is 1. The monoisotopic (exact) mass is 370 g/mol. The van der Waals surface area contributed by atoms with Gasteiger partial charge in [-0.05, 0) is 40.6 Å². The minimum Gasteiger partial charge on any atom is -0.488 e. The molecule has 0 unspecified atom stereocenters. The molecule has 27 heavy (non-hydrogen) atoms. The summed E-state index contributed by atoms with van der Waals surface area (Å²) in [5.41, 5.74) is 6.17. The third kappa shape index (κ3) is 3.96. The Morgan fingerprint density at radius 2 is 1.44 bits per heavy atom. The number of ether oxygens (including phenoxy) is 1. The van der Waals surface area contributed by atoms with Crippen LogP contribution >= 0.6 is 11.3 Å². The summed E-state index contributed by atoms with van der Waals surface area (Å²) in [5, 5.41) is 2.16. The van der Waals surface area contributed by atoms with Gasteiger partial charge in [0.25, 0.3) is 0 Å². The van der Waals surface area contributed by atoms with Crippen LogP contribution in [-0.4, -0.2) is 0 Å². The molecule has 0 fully saturated rings. The van der Waals surface area contributed by atoms with Gasteiger partial charge in [-0.15, -0.1) is 11.3 Å². The maximum atomic E-state index is 6.18. The maximum Gasteiger partial charge on any atom is 0.127 e. The van der Waals surface area contributed by atoms with E-state index in [9.17, 15) is 0 Å². The van der Waals surface area contributed by atoms with E-state index in [1.807, 2.05) is 24.3 Å². The van der Waals surface area contributed by atoms with Gasteiger partial charge in [0.05, 0.1) is 0 Å². The van der Waals surface area contributed by atoms with E-state index in [0.29, 0.717) is 6.61 Å². The van der Waals surface area contributed by atoms with Gasteiger partial charge in [0, 0.05) is 16.0 Å². The van der Waals surface area contributed by atoms with Crippen LogP contribution in [-0.2, 0) is 13.0 Å². The topological polar surface area (TPSA) is 9.23 Å². The second-order valence-electron chi connectivity index (χ2n) is 6.48. The van der Waals surface area contributed by atoms with Crippen LogP contribution in [0.2, 0.25) is 0 Å². The van der Waals surface area contributed by atoms with Gasteiger partial charge in [-0.3, -0.25) is 0 Å². The van der Waals surface area contributed by atoms with Gasteiger partial charge >= 0.3 is 0 Å². The smallest absolute Gasteiger partial charge is 0.127 e. The zero-order valence-electron chi connectivity index (χ0n) is 15.4.